The van der Waals surface area contributed by atoms with Gasteiger partial charge in [0, 0.05) is 36.4 Å². The van der Waals surface area contributed by atoms with Crippen molar-refractivity contribution < 1.29 is 63.3 Å². The van der Waals surface area contributed by atoms with Crippen LogP contribution in [0.5, 0.6) is 0 Å². The van der Waals surface area contributed by atoms with Gasteiger partial charge < -0.3 is 80.0 Å². The molecule has 0 fully saturated rings. The molecule has 10 atom stereocenters. The zero-order valence-electron chi connectivity index (χ0n) is 44.4. The van der Waals surface area contributed by atoms with Crippen LogP contribution in [0.4, 0.5) is 0 Å². The van der Waals surface area contributed by atoms with Crippen LogP contribution < -0.4 is 59.7 Å². The molecule has 25 heteroatoms. The number of aliphatic hydroxyl groups excluding tert-OH is 2. The van der Waals surface area contributed by atoms with Gasteiger partial charge in [0.1, 0.15) is 42.3 Å². The van der Waals surface area contributed by atoms with E-state index in [0.29, 0.717) is 46.9 Å². The maximum Gasteiger partial charge on any atom is 0.328 e. The van der Waals surface area contributed by atoms with Crippen LogP contribution in [0.15, 0.2) is 91.1 Å². The fourth-order valence-corrected chi connectivity index (χ4v) is 8.33. The van der Waals surface area contributed by atoms with Gasteiger partial charge in [-0.05, 0) is 61.4 Å². The van der Waals surface area contributed by atoms with E-state index >= 15 is 0 Å². The average Bonchev–Trinajstić information content (AvgIpc) is 3.85. The number of aliphatic hydroxyl groups is 2. The normalized spacial score (nSPS) is 14.9. The Kier molecular flexibility index (Phi) is 25.5. The van der Waals surface area contributed by atoms with Gasteiger partial charge in [0.05, 0.1) is 31.7 Å². The molecule has 0 radical (unpaired) electrons. The van der Waals surface area contributed by atoms with Crippen molar-refractivity contribution in [3.63, 3.8) is 0 Å². The van der Waals surface area contributed by atoms with Crippen molar-refractivity contribution >= 4 is 70.0 Å². The van der Waals surface area contributed by atoms with Gasteiger partial charge in [-0.25, -0.2) is 4.79 Å². The van der Waals surface area contributed by atoms with Crippen LogP contribution in [0.2, 0.25) is 0 Å². The van der Waals surface area contributed by atoms with E-state index in [2.05, 4.69) is 47.5 Å². The molecule has 0 aliphatic carbocycles. The van der Waals surface area contributed by atoms with Crippen LogP contribution >= 0.6 is 0 Å². The number of hydrogen-bond acceptors (Lipinski definition) is 14. The summed E-state index contributed by atoms with van der Waals surface area (Å²) in [5, 5.41) is 51.2. The van der Waals surface area contributed by atoms with Gasteiger partial charge >= 0.3 is 5.97 Å². The number of unbranched alkanes of at least 4 members (excludes halogenated alkanes) is 1. The van der Waals surface area contributed by atoms with E-state index in [-0.39, 0.29) is 32.2 Å². The second-order valence-electron chi connectivity index (χ2n) is 19.2. The van der Waals surface area contributed by atoms with Crippen molar-refractivity contribution in [2.24, 2.45) is 23.1 Å². The van der Waals surface area contributed by atoms with Crippen molar-refractivity contribution in [1.29, 1.82) is 0 Å². The molecule has 428 valence electrons. The minimum Gasteiger partial charge on any atom is -0.480 e. The van der Waals surface area contributed by atoms with Crippen molar-refractivity contribution in [3.8, 4) is 0 Å². The Morgan fingerprint density at radius 3 is 1.65 bits per heavy atom. The zero-order chi connectivity index (χ0) is 58.2. The highest BCUT2D eigenvalue weighted by Gasteiger charge is 2.37. The highest BCUT2D eigenvalue weighted by atomic mass is 16.4. The summed E-state index contributed by atoms with van der Waals surface area (Å²) in [6.07, 6.45) is 0.201. The summed E-state index contributed by atoms with van der Waals surface area (Å²) in [5.41, 5.74) is 19.1. The summed E-state index contributed by atoms with van der Waals surface area (Å²) in [4.78, 5) is 137. The molecule has 4 rings (SSSR count). The van der Waals surface area contributed by atoms with Gasteiger partial charge in [0.15, 0.2) is 0 Å². The Labute approximate surface area is 456 Å². The van der Waals surface area contributed by atoms with Crippen LogP contribution in [0.1, 0.15) is 69.6 Å². The van der Waals surface area contributed by atoms with Crippen LogP contribution in [-0.2, 0) is 67.2 Å². The van der Waals surface area contributed by atoms with E-state index < -0.39 is 139 Å². The molecule has 4 aromatic rings. The Morgan fingerprint density at radius 1 is 0.595 bits per heavy atom. The summed E-state index contributed by atoms with van der Waals surface area (Å²) in [6.45, 7) is 3.26. The first-order chi connectivity index (χ1) is 37.6. The molecule has 0 bridgehead atoms. The highest BCUT2D eigenvalue weighted by molar-refractivity contribution is 5.98. The second kappa shape index (κ2) is 31.8. The first-order valence-electron chi connectivity index (χ1n) is 25.9. The number of carboxylic acid groups (broad SMARTS) is 1. The summed E-state index contributed by atoms with van der Waals surface area (Å²) in [6, 6.07) is 12.4. The predicted molar refractivity (Wildman–Crippen MR) is 289 cm³/mol. The molecule has 0 spiro atoms. The van der Waals surface area contributed by atoms with Crippen molar-refractivity contribution in [2.75, 3.05) is 19.7 Å². The van der Waals surface area contributed by atoms with Gasteiger partial charge in [-0.15, -0.1) is 0 Å². The van der Waals surface area contributed by atoms with E-state index in [4.69, 9.17) is 17.2 Å². The molecule has 0 saturated heterocycles. The third kappa shape index (κ3) is 20.2. The molecule has 25 nitrogen and oxygen atoms in total. The number of nitrogens with two attached hydrogens (primary N) is 3. The lowest BCUT2D eigenvalue weighted by atomic mass is 9.96. The summed E-state index contributed by atoms with van der Waals surface area (Å²) >= 11 is 0. The number of amides is 9. The smallest absolute Gasteiger partial charge is 0.328 e. The van der Waals surface area contributed by atoms with E-state index in [9.17, 15) is 63.3 Å². The number of carbonyl (C=O) groups excluding carboxylic acids is 9. The topological polar surface area (TPSA) is 421 Å². The maximum atomic E-state index is 14.5. The van der Waals surface area contributed by atoms with Gasteiger partial charge in [0.25, 0.3) is 0 Å². The molecule has 0 saturated carbocycles. The van der Waals surface area contributed by atoms with E-state index in [0.717, 1.165) is 0 Å². The predicted octanol–water partition coefficient (Wildman–Crippen LogP) is -2.46. The molecule has 79 heavy (non-hydrogen) atoms. The maximum absolute atomic E-state index is 14.5. The number of benzene rings is 3. The second-order valence-corrected chi connectivity index (χ2v) is 19.2. The van der Waals surface area contributed by atoms with E-state index in [1.54, 1.807) is 105 Å². The number of carbonyl (C=O) groups is 10. The number of para-hydroxylation sites is 1. The monoisotopic (exact) mass is 1100 g/mol. The molecule has 9 amide bonds. The van der Waals surface area contributed by atoms with E-state index in [1.165, 1.54) is 6.92 Å². The van der Waals surface area contributed by atoms with Crippen LogP contribution in [-0.4, -0.2) is 154 Å². The minimum atomic E-state index is -1.78. The number of fused-ring (bicyclic) bond motifs is 1. The largest absolute Gasteiger partial charge is 0.480 e. The zero-order valence-corrected chi connectivity index (χ0v) is 44.4. The van der Waals surface area contributed by atoms with Gasteiger partial charge in [-0.2, -0.15) is 0 Å². The molecule has 18 N–H and O–H groups in total. The third-order valence-corrected chi connectivity index (χ3v) is 13.0. The first kappa shape index (κ1) is 63.3. The third-order valence-electron chi connectivity index (χ3n) is 13.0. The number of primary amides is 1. The highest BCUT2D eigenvalue weighted by Crippen LogP contribution is 2.20. The summed E-state index contributed by atoms with van der Waals surface area (Å²) < 4.78 is 0. The number of nitrogens with one attached hydrogen (secondary N) is 9. The minimum absolute atomic E-state index is 0.00791. The molecule has 0 unspecified atom stereocenters. The number of aromatic amines is 1. The molecular weight excluding hydrogens is 1020 g/mol. The van der Waals surface area contributed by atoms with Gasteiger partial charge in [0.2, 0.25) is 53.2 Å². The lowest BCUT2D eigenvalue weighted by molar-refractivity contribution is -0.143. The molecule has 0 aliphatic heterocycles. The van der Waals surface area contributed by atoms with Crippen molar-refractivity contribution in [1.82, 2.24) is 47.5 Å². The fraction of sp³-hybridized carbons (Fsp3) is 0.444. The SMILES string of the molecule is CC[C@H](C)[C@H](NC(=O)[C@H](Cc1c[nH]c2ccccc12)NC(=O)[C@@H](NC(=O)[C@H](Cc1ccccc1)NC(=O)[C@H](CCCCN)NC(=O)[C@H](Cc1ccccc1)NC(=O)CNC(=O)[C@@H](N)CC(N)=O)[C@@H](C)O)C(=O)N[C@@H](CO)C(=O)O. The Balaban J connectivity index is 1.63. The quantitative estimate of drug-likeness (QED) is 0.0220. The van der Waals surface area contributed by atoms with Crippen LogP contribution in [0.25, 0.3) is 10.9 Å². The van der Waals surface area contributed by atoms with E-state index in [1.807, 2.05) is 0 Å². The molecule has 3 aromatic carbocycles. The lowest BCUT2D eigenvalue weighted by Crippen LogP contribution is -2.62. The fourth-order valence-electron chi connectivity index (χ4n) is 8.33. The molecular formula is C54H74N12O13. The lowest BCUT2D eigenvalue weighted by Gasteiger charge is -2.29. The van der Waals surface area contributed by atoms with Crippen LogP contribution in [0.3, 0.4) is 0 Å². The summed E-state index contributed by atoms with van der Waals surface area (Å²) in [5.74, 6) is -10.0. The number of carboxylic acids is 1. The van der Waals surface area contributed by atoms with Crippen molar-refractivity contribution in [3.05, 3.63) is 108 Å². The van der Waals surface area contributed by atoms with Gasteiger partial charge in [-0.3, -0.25) is 43.2 Å². The molecule has 1 aromatic heterocycles. The Bertz CT molecular complexity index is 2710. The number of hydrogen-bond donors (Lipinski definition) is 15. The number of aliphatic carboxylic acids is 1. The number of aromatic nitrogens is 1. The standard InChI is InChI=1S/C54H74N12O13/c1-4-30(2)45(52(76)64-42(29-67)54(78)79)65-51(75)41(25-34-27-58-37-20-12-11-19-35(34)37)63-53(77)46(31(3)68)66-50(74)40(24-33-17-9-6-10-18-33)62-48(72)38(21-13-14-22-55)61-49(73)39(23-32-15-7-5-8-16-32)60-44(70)28-59-47(71)36(56)26-43(57)69/h5-12,15-20,27,30-31,36,38-42,45-46,58,67-68H,4,13-14,21-26,28-29,55-56H2,1-3H3,(H2,57,69)(H,59,71)(H,60,70)(H,61,73)(H,62,72)(H,63,77)(H,64,76)(H,65,75)(H,66,74)(H,78,79)/t30-,31+,36-,38-,39-,40-,41-,42-,45-,46-/m0/s1. The number of H-pyrrole nitrogens is 1. The Morgan fingerprint density at radius 2 is 1.09 bits per heavy atom. The average molecular weight is 1100 g/mol. The molecule has 0 aliphatic rings. The summed E-state index contributed by atoms with van der Waals surface area (Å²) in [7, 11) is 0. The van der Waals surface area contributed by atoms with Crippen LogP contribution in [0, 0.1) is 5.92 Å². The molecule has 1 heterocycles. The Hall–Kier alpha value is -8.26. The van der Waals surface area contributed by atoms with Gasteiger partial charge in [-0.1, -0.05) is 99.1 Å². The van der Waals surface area contributed by atoms with Crippen molar-refractivity contribution in [2.45, 2.75) is 127 Å². The first-order valence-corrected chi connectivity index (χ1v) is 25.9. The number of rotatable bonds is 33.